The van der Waals surface area contributed by atoms with E-state index in [1.165, 1.54) is 12.8 Å². The molecule has 1 fully saturated rings. The van der Waals surface area contributed by atoms with E-state index in [0.717, 1.165) is 10.5 Å². The quantitative estimate of drug-likeness (QED) is 0.484. The van der Waals surface area contributed by atoms with E-state index < -0.39 is 0 Å². The summed E-state index contributed by atoms with van der Waals surface area (Å²) in [6, 6.07) is 0. The van der Waals surface area contributed by atoms with Crippen LogP contribution in [-0.4, -0.2) is 10.5 Å². The Morgan fingerprint density at radius 3 is 1.62 bits per heavy atom. The highest BCUT2D eigenvalue weighted by Gasteiger charge is 2.14. The third-order valence-corrected chi connectivity index (χ3v) is 4.91. The summed E-state index contributed by atoms with van der Waals surface area (Å²) in [4.78, 5) is 0. The Balaban J connectivity index is 2.19. The van der Waals surface area contributed by atoms with E-state index in [4.69, 9.17) is 0 Å². The van der Waals surface area contributed by atoms with Crippen molar-refractivity contribution in [2.75, 3.05) is 0 Å². The second-order valence-electron chi connectivity index (χ2n) is 2.39. The Kier molecular flexibility index (Phi) is 2.57. The van der Waals surface area contributed by atoms with Crippen LogP contribution in [0.4, 0.5) is 0 Å². The Morgan fingerprint density at radius 2 is 1.38 bits per heavy atom. The molecule has 0 bridgehead atoms. The first-order chi connectivity index (χ1) is 3.79. The van der Waals surface area contributed by atoms with Crippen LogP contribution in [0.2, 0.25) is 0 Å². The second-order valence-corrected chi connectivity index (χ2v) is 5.54. The Morgan fingerprint density at radius 1 is 1.00 bits per heavy atom. The summed E-state index contributed by atoms with van der Waals surface area (Å²) in [6.07, 6.45) is 2.83. The minimum absolute atomic E-state index is 0.899. The van der Waals surface area contributed by atoms with Gasteiger partial charge in [-0.25, -0.2) is 0 Å². The second kappa shape index (κ2) is 3.02. The van der Waals surface area contributed by atoms with Gasteiger partial charge in [0, 0.05) is 10.5 Å². The molecule has 2 unspecified atom stereocenters. The van der Waals surface area contributed by atoms with Gasteiger partial charge in [-0.3, -0.25) is 0 Å². The lowest BCUT2D eigenvalue weighted by Crippen LogP contribution is -2.07. The molecule has 2 atom stereocenters. The lowest BCUT2D eigenvalue weighted by atomic mass is 10.2. The average molecular weight is 148 g/mol. The first kappa shape index (κ1) is 6.81. The van der Waals surface area contributed by atoms with Crippen LogP contribution in [0.3, 0.4) is 0 Å². The fraction of sp³-hybridized carbons (Fsp3) is 1.00. The van der Waals surface area contributed by atoms with Gasteiger partial charge in [-0.1, -0.05) is 35.4 Å². The van der Waals surface area contributed by atoms with Crippen molar-refractivity contribution in [3.05, 3.63) is 0 Å². The fourth-order valence-corrected chi connectivity index (χ4v) is 3.31. The van der Waals surface area contributed by atoms with Crippen LogP contribution in [0.1, 0.15) is 26.7 Å². The smallest absolute Gasteiger partial charge is 0.0123 e. The predicted molar refractivity (Wildman–Crippen MR) is 43.3 cm³/mol. The van der Waals surface area contributed by atoms with Gasteiger partial charge in [0.25, 0.3) is 0 Å². The Bertz CT molecular complexity index is 54.9. The molecule has 48 valence electrons. The maximum Gasteiger partial charge on any atom is 0.0123 e. The zero-order chi connectivity index (χ0) is 5.98. The summed E-state index contributed by atoms with van der Waals surface area (Å²) >= 11 is 0. The SMILES string of the molecule is CC1CCC(C)SS1. The number of rotatable bonds is 0. The highest BCUT2D eigenvalue weighted by Crippen LogP contribution is 2.39. The highest BCUT2D eigenvalue weighted by molar-refractivity contribution is 8.77. The number of hydrogen-bond donors (Lipinski definition) is 0. The van der Waals surface area contributed by atoms with Crippen LogP contribution in [0, 0.1) is 0 Å². The molecule has 0 nitrogen and oxygen atoms in total. The summed E-state index contributed by atoms with van der Waals surface area (Å²) in [6.45, 7) is 4.62. The van der Waals surface area contributed by atoms with Crippen molar-refractivity contribution >= 4 is 21.6 Å². The van der Waals surface area contributed by atoms with Gasteiger partial charge in [0.2, 0.25) is 0 Å². The summed E-state index contributed by atoms with van der Waals surface area (Å²) in [5, 5.41) is 1.80. The third-order valence-electron chi connectivity index (χ3n) is 1.36. The Hall–Kier alpha value is 0.700. The molecule has 0 aromatic rings. The maximum absolute atomic E-state index is 2.31. The molecule has 1 rings (SSSR count). The molecular weight excluding hydrogens is 136 g/mol. The molecule has 0 saturated carbocycles. The first-order valence-electron chi connectivity index (χ1n) is 3.11. The summed E-state index contributed by atoms with van der Waals surface area (Å²) in [5.74, 6) is 0. The van der Waals surface area contributed by atoms with Crippen LogP contribution in [0.25, 0.3) is 0 Å². The molecule has 0 spiro atoms. The van der Waals surface area contributed by atoms with E-state index in [9.17, 15) is 0 Å². The van der Waals surface area contributed by atoms with Gasteiger partial charge in [-0.2, -0.15) is 0 Å². The monoisotopic (exact) mass is 148 g/mol. The fourth-order valence-electron chi connectivity index (χ4n) is 0.755. The molecule has 0 radical (unpaired) electrons. The van der Waals surface area contributed by atoms with Gasteiger partial charge in [0.05, 0.1) is 0 Å². The minimum Gasteiger partial charge on any atom is -0.0907 e. The third kappa shape index (κ3) is 1.90. The van der Waals surface area contributed by atoms with Crippen molar-refractivity contribution in [2.45, 2.75) is 37.2 Å². The highest BCUT2D eigenvalue weighted by atomic mass is 33.1. The molecule has 1 aliphatic heterocycles. The van der Waals surface area contributed by atoms with Crippen molar-refractivity contribution in [3.8, 4) is 0 Å². The van der Waals surface area contributed by atoms with E-state index >= 15 is 0 Å². The average Bonchev–Trinajstić information content (AvgIpc) is 1.77. The summed E-state index contributed by atoms with van der Waals surface area (Å²) in [5.41, 5.74) is 0. The lowest BCUT2D eigenvalue weighted by molar-refractivity contribution is 0.722. The zero-order valence-corrected chi connectivity index (χ0v) is 7.02. The van der Waals surface area contributed by atoms with E-state index in [2.05, 4.69) is 13.8 Å². The molecular formula is C6H12S2. The van der Waals surface area contributed by atoms with Crippen molar-refractivity contribution in [1.82, 2.24) is 0 Å². The molecule has 0 amide bonds. The van der Waals surface area contributed by atoms with E-state index in [1.54, 1.807) is 0 Å². The maximum atomic E-state index is 2.31. The van der Waals surface area contributed by atoms with Crippen molar-refractivity contribution in [2.24, 2.45) is 0 Å². The molecule has 2 heteroatoms. The van der Waals surface area contributed by atoms with Gasteiger partial charge in [-0.05, 0) is 12.8 Å². The molecule has 8 heavy (non-hydrogen) atoms. The van der Waals surface area contributed by atoms with Crippen molar-refractivity contribution in [1.29, 1.82) is 0 Å². The largest absolute Gasteiger partial charge is 0.0907 e. The normalized spacial score (nSPS) is 39.8. The van der Waals surface area contributed by atoms with Gasteiger partial charge in [0.1, 0.15) is 0 Å². The van der Waals surface area contributed by atoms with Crippen LogP contribution in [0.5, 0.6) is 0 Å². The van der Waals surface area contributed by atoms with Crippen LogP contribution < -0.4 is 0 Å². The molecule has 0 N–H and O–H groups in total. The first-order valence-corrected chi connectivity index (χ1v) is 5.39. The van der Waals surface area contributed by atoms with Crippen LogP contribution in [0.15, 0.2) is 0 Å². The zero-order valence-electron chi connectivity index (χ0n) is 5.39. The minimum atomic E-state index is 0.899. The lowest BCUT2D eigenvalue weighted by Gasteiger charge is -2.20. The predicted octanol–water partition coefficient (Wildman–Crippen LogP) is 2.94. The molecule has 1 aliphatic rings. The van der Waals surface area contributed by atoms with Gasteiger partial charge >= 0.3 is 0 Å². The van der Waals surface area contributed by atoms with Crippen molar-refractivity contribution in [3.63, 3.8) is 0 Å². The summed E-state index contributed by atoms with van der Waals surface area (Å²) < 4.78 is 0. The Labute approximate surface area is 59.2 Å². The van der Waals surface area contributed by atoms with Gasteiger partial charge < -0.3 is 0 Å². The van der Waals surface area contributed by atoms with Gasteiger partial charge in [0.15, 0.2) is 0 Å². The van der Waals surface area contributed by atoms with E-state index in [0.29, 0.717) is 0 Å². The van der Waals surface area contributed by atoms with E-state index in [1.807, 2.05) is 21.6 Å². The molecule has 0 aromatic carbocycles. The topological polar surface area (TPSA) is 0 Å². The summed E-state index contributed by atoms with van der Waals surface area (Å²) in [7, 11) is 4.09. The standard InChI is InChI=1S/C6H12S2/c1-5-3-4-6(2)8-7-5/h5-6H,3-4H2,1-2H3. The van der Waals surface area contributed by atoms with Gasteiger partial charge in [-0.15, -0.1) is 0 Å². The van der Waals surface area contributed by atoms with Crippen molar-refractivity contribution < 1.29 is 0 Å². The van der Waals surface area contributed by atoms with Crippen LogP contribution in [-0.2, 0) is 0 Å². The molecule has 0 aliphatic carbocycles. The molecule has 1 heterocycles. The number of hydrogen-bond acceptors (Lipinski definition) is 2. The van der Waals surface area contributed by atoms with E-state index in [-0.39, 0.29) is 0 Å². The molecule has 1 saturated heterocycles. The molecule has 0 aromatic heterocycles. The van der Waals surface area contributed by atoms with Crippen LogP contribution >= 0.6 is 21.6 Å².